The van der Waals surface area contributed by atoms with Crippen LogP contribution in [0, 0.1) is 0 Å². The van der Waals surface area contributed by atoms with Crippen molar-refractivity contribution in [3.05, 3.63) is 64.9 Å². The minimum absolute atomic E-state index is 0.144. The third kappa shape index (κ3) is 4.38. The van der Waals surface area contributed by atoms with E-state index in [1.54, 1.807) is 6.20 Å². The Labute approximate surface area is 168 Å². The van der Waals surface area contributed by atoms with Gasteiger partial charge in [-0.15, -0.1) is 0 Å². The number of aryl methyl sites for hydroxylation is 1. The molecule has 1 atom stereocenters. The first-order chi connectivity index (χ1) is 13.2. The lowest BCUT2D eigenvalue weighted by atomic mass is 9.65. The highest BCUT2D eigenvalue weighted by molar-refractivity contribution is 6.30. The van der Waals surface area contributed by atoms with Gasteiger partial charge in [0.2, 0.25) is 0 Å². The van der Waals surface area contributed by atoms with Gasteiger partial charge in [-0.05, 0) is 62.1 Å². The van der Waals surface area contributed by atoms with Crippen LogP contribution in [-0.4, -0.2) is 17.2 Å². The second kappa shape index (κ2) is 8.32. The largest absolute Gasteiger partial charge is 0.375 e. The fourth-order valence-corrected chi connectivity index (χ4v) is 5.54. The van der Waals surface area contributed by atoms with E-state index in [9.17, 15) is 0 Å². The van der Waals surface area contributed by atoms with Crippen LogP contribution in [0.5, 0.6) is 0 Å². The van der Waals surface area contributed by atoms with Crippen molar-refractivity contribution in [1.82, 2.24) is 4.98 Å². The summed E-state index contributed by atoms with van der Waals surface area (Å²) in [6.45, 7) is 0.910. The molecule has 0 amide bonds. The van der Waals surface area contributed by atoms with E-state index in [-0.39, 0.29) is 11.0 Å². The fourth-order valence-electron chi connectivity index (χ4n) is 5.34. The summed E-state index contributed by atoms with van der Waals surface area (Å²) in [7, 11) is 0. The number of unbranched alkanes of at least 4 members (excludes halogenated alkanes) is 1. The molecule has 1 aliphatic carbocycles. The van der Waals surface area contributed by atoms with Gasteiger partial charge in [-0.1, -0.05) is 61.2 Å². The molecule has 3 heteroatoms. The second-order valence-corrected chi connectivity index (χ2v) is 8.97. The average molecular weight is 384 g/mol. The Morgan fingerprint density at radius 2 is 1.81 bits per heavy atom. The monoisotopic (exact) mass is 383 g/mol. The molecule has 2 fully saturated rings. The van der Waals surface area contributed by atoms with Crippen molar-refractivity contribution in [2.75, 3.05) is 6.61 Å². The van der Waals surface area contributed by atoms with Crippen LogP contribution in [0.1, 0.15) is 68.9 Å². The highest BCUT2D eigenvalue weighted by atomic mass is 35.5. The minimum atomic E-state index is 0.144. The van der Waals surface area contributed by atoms with Crippen LogP contribution in [0.2, 0.25) is 5.02 Å². The zero-order valence-corrected chi connectivity index (χ0v) is 16.9. The molecule has 4 rings (SSSR count). The summed E-state index contributed by atoms with van der Waals surface area (Å²) in [5.41, 5.74) is 3.18. The van der Waals surface area contributed by atoms with Crippen molar-refractivity contribution in [1.29, 1.82) is 0 Å². The van der Waals surface area contributed by atoms with E-state index in [0.29, 0.717) is 0 Å². The van der Waals surface area contributed by atoms with Crippen LogP contribution >= 0.6 is 11.6 Å². The standard InChI is InChI=1S/C24H30ClNO/c25-22-16-20(17-26-18-22)8-4-5-11-23(21-9-2-1-3-10-21)14-15-27-24(19-23)12-6-7-13-24/h1-3,9-10,16-18H,4-8,11-15,19H2/t23-/m1/s1. The number of pyridine rings is 1. The summed E-state index contributed by atoms with van der Waals surface area (Å²) in [5.74, 6) is 0. The molecule has 1 saturated heterocycles. The molecule has 1 aromatic carbocycles. The number of nitrogens with zero attached hydrogens (tertiary/aromatic N) is 1. The lowest BCUT2D eigenvalue weighted by molar-refractivity contribution is -0.104. The number of hydrogen-bond acceptors (Lipinski definition) is 2. The molecule has 2 nitrogen and oxygen atoms in total. The average Bonchev–Trinajstić information content (AvgIpc) is 3.13. The highest BCUT2D eigenvalue weighted by Crippen LogP contribution is 2.50. The summed E-state index contributed by atoms with van der Waals surface area (Å²) >= 11 is 6.07. The van der Waals surface area contributed by atoms with Gasteiger partial charge in [-0.3, -0.25) is 4.98 Å². The van der Waals surface area contributed by atoms with E-state index in [1.165, 1.54) is 62.5 Å². The van der Waals surface area contributed by atoms with Gasteiger partial charge in [0.1, 0.15) is 0 Å². The Balaban J connectivity index is 1.45. The number of benzene rings is 1. The molecule has 0 bridgehead atoms. The number of hydrogen-bond donors (Lipinski definition) is 0. The van der Waals surface area contributed by atoms with Crippen LogP contribution in [0.3, 0.4) is 0 Å². The molecule has 0 N–H and O–H groups in total. The first-order valence-electron chi connectivity index (χ1n) is 10.5. The van der Waals surface area contributed by atoms with E-state index < -0.39 is 0 Å². The van der Waals surface area contributed by atoms with Crippen molar-refractivity contribution in [3.63, 3.8) is 0 Å². The lowest BCUT2D eigenvalue weighted by Crippen LogP contribution is -2.46. The Morgan fingerprint density at radius 3 is 2.59 bits per heavy atom. The van der Waals surface area contributed by atoms with Gasteiger partial charge in [-0.25, -0.2) is 0 Å². The second-order valence-electron chi connectivity index (χ2n) is 8.53. The van der Waals surface area contributed by atoms with Crippen molar-refractivity contribution < 1.29 is 4.74 Å². The number of halogens is 1. The Kier molecular flexibility index (Phi) is 5.85. The zero-order chi connectivity index (χ0) is 18.6. The maximum atomic E-state index is 6.37. The van der Waals surface area contributed by atoms with Gasteiger partial charge in [0, 0.05) is 24.4 Å². The van der Waals surface area contributed by atoms with Crippen molar-refractivity contribution in [2.45, 2.75) is 75.2 Å². The van der Waals surface area contributed by atoms with Gasteiger partial charge in [-0.2, -0.15) is 0 Å². The quantitative estimate of drug-likeness (QED) is 0.530. The molecule has 1 saturated carbocycles. The van der Waals surface area contributed by atoms with Crippen molar-refractivity contribution in [3.8, 4) is 0 Å². The smallest absolute Gasteiger partial charge is 0.0691 e. The Morgan fingerprint density at radius 1 is 1.00 bits per heavy atom. The van der Waals surface area contributed by atoms with E-state index in [1.807, 2.05) is 12.3 Å². The molecule has 0 unspecified atom stereocenters. The van der Waals surface area contributed by atoms with Gasteiger partial charge in [0.15, 0.2) is 0 Å². The minimum Gasteiger partial charge on any atom is -0.375 e. The molecule has 1 aliphatic heterocycles. The summed E-state index contributed by atoms with van der Waals surface area (Å²) in [6.07, 6.45) is 15.9. The van der Waals surface area contributed by atoms with E-state index in [4.69, 9.17) is 16.3 Å². The molecule has 2 heterocycles. The third-order valence-electron chi connectivity index (χ3n) is 6.68. The van der Waals surface area contributed by atoms with Crippen LogP contribution in [-0.2, 0) is 16.6 Å². The fraction of sp³-hybridized carbons (Fsp3) is 0.542. The Bertz CT molecular complexity index is 741. The zero-order valence-electron chi connectivity index (χ0n) is 16.1. The topological polar surface area (TPSA) is 22.1 Å². The molecule has 0 radical (unpaired) electrons. The SMILES string of the molecule is Clc1cncc(CCCC[C@@]2(c3ccccc3)CCOC3(CCCC3)C2)c1. The molecule has 27 heavy (non-hydrogen) atoms. The first kappa shape index (κ1) is 19.0. The molecule has 144 valence electrons. The first-order valence-corrected chi connectivity index (χ1v) is 10.9. The molecule has 2 aliphatic rings. The van der Waals surface area contributed by atoms with Crippen molar-refractivity contribution in [2.24, 2.45) is 0 Å². The van der Waals surface area contributed by atoms with Crippen LogP contribution in [0.4, 0.5) is 0 Å². The van der Waals surface area contributed by atoms with Crippen LogP contribution in [0.25, 0.3) is 0 Å². The maximum Gasteiger partial charge on any atom is 0.0691 e. The van der Waals surface area contributed by atoms with Gasteiger partial charge in [0.25, 0.3) is 0 Å². The van der Waals surface area contributed by atoms with Gasteiger partial charge >= 0.3 is 0 Å². The molecule has 2 aromatic rings. The van der Waals surface area contributed by atoms with E-state index in [0.717, 1.165) is 24.5 Å². The van der Waals surface area contributed by atoms with Crippen LogP contribution < -0.4 is 0 Å². The predicted octanol–water partition coefficient (Wildman–Crippen LogP) is 6.51. The number of aromatic nitrogens is 1. The maximum absolute atomic E-state index is 6.37. The summed E-state index contributed by atoms with van der Waals surface area (Å²) < 4.78 is 6.37. The summed E-state index contributed by atoms with van der Waals surface area (Å²) in [6, 6.07) is 13.3. The highest BCUT2D eigenvalue weighted by Gasteiger charge is 2.47. The normalized spacial score (nSPS) is 24.3. The Hall–Kier alpha value is -1.38. The van der Waals surface area contributed by atoms with Crippen LogP contribution in [0.15, 0.2) is 48.8 Å². The van der Waals surface area contributed by atoms with Gasteiger partial charge < -0.3 is 4.74 Å². The van der Waals surface area contributed by atoms with E-state index >= 15 is 0 Å². The number of rotatable bonds is 6. The number of ether oxygens (including phenoxy) is 1. The molecule has 1 spiro atoms. The van der Waals surface area contributed by atoms with Crippen molar-refractivity contribution >= 4 is 11.6 Å². The molecular formula is C24H30ClNO. The predicted molar refractivity (Wildman–Crippen MR) is 111 cm³/mol. The molecule has 1 aromatic heterocycles. The summed E-state index contributed by atoms with van der Waals surface area (Å²) in [5, 5.41) is 0.737. The molecular weight excluding hydrogens is 354 g/mol. The van der Waals surface area contributed by atoms with E-state index in [2.05, 4.69) is 35.3 Å². The van der Waals surface area contributed by atoms with Gasteiger partial charge in [0.05, 0.1) is 10.6 Å². The third-order valence-corrected chi connectivity index (χ3v) is 6.89. The lowest BCUT2D eigenvalue weighted by Gasteiger charge is -2.47. The summed E-state index contributed by atoms with van der Waals surface area (Å²) in [4.78, 5) is 4.21.